The zero-order valence-corrected chi connectivity index (χ0v) is 37.8. The summed E-state index contributed by atoms with van der Waals surface area (Å²) < 4.78 is 52.0. The van der Waals surface area contributed by atoms with E-state index >= 15 is 0 Å². The Hall–Kier alpha value is -8.10. The van der Waals surface area contributed by atoms with Gasteiger partial charge in [0.1, 0.15) is 43.6 Å². The van der Waals surface area contributed by atoms with Crippen LogP contribution in [0.1, 0.15) is 54.1 Å². The highest BCUT2D eigenvalue weighted by Crippen LogP contribution is 2.39. The molecule has 0 aliphatic carbocycles. The molecule has 0 spiro atoms. The number of hydrogen-bond donors (Lipinski definition) is 1. The van der Waals surface area contributed by atoms with Crippen LogP contribution < -0.4 is 28.7 Å². The van der Waals surface area contributed by atoms with Crippen LogP contribution in [-0.4, -0.2) is 26.9 Å². The van der Waals surface area contributed by atoms with Crippen LogP contribution in [0.25, 0.3) is 0 Å². The second-order valence-corrected chi connectivity index (χ2v) is 16.6. The Morgan fingerprint density at radius 3 is 1.26 bits per heavy atom. The standard InChI is InChI=1S/C27H20BrFN2O3.C27H21FN2O4/c28-22-13-20-15-31(27(32)21(20)14-23(22)29)24-11-12-25(33-16-18-7-3-1-4-8-18)30-26(24)34-17-19-9-5-2-6-10-19;28-22-14-21-20(13-24(22)31)15-30(27(21)32)23-11-12-25(33-16-18-7-3-1-4-8-18)29-26(23)34-17-19-9-5-2-6-10-19/h1-14H,15-17H2;1-14,31H,15-17H2. The number of phenols is 1. The topological polar surface area (TPSA) is 124 Å². The predicted molar refractivity (Wildman–Crippen MR) is 255 cm³/mol. The third kappa shape index (κ3) is 10.5. The molecule has 14 heteroatoms. The number of carbonyl (C=O) groups excluding carboxylic acids is 2. The number of pyridine rings is 2. The SMILES string of the molecule is O=C1c2cc(F)c(Br)cc2CN1c1ccc(OCc2ccccc2)nc1OCc1ccccc1.O=C1c2cc(F)c(O)cc2CN1c1ccc(OCc2ccccc2)nc1OCc1ccccc1. The predicted octanol–water partition coefficient (Wildman–Crippen LogP) is 11.5. The second kappa shape index (κ2) is 20.6. The molecule has 2 aromatic heterocycles. The van der Waals surface area contributed by atoms with Gasteiger partial charge in [0, 0.05) is 23.3 Å². The second-order valence-electron chi connectivity index (χ2n) is 15.7. The molecular weight excluding hydrogens is 935 g/mol. The van der Waals surface area contributed by atoms with Crippen molar-refractivity contribution in [2.75, 3.05) is 9.80 Å². The lowest BCUT2D eigenvalue weighted by atomic mass is 10.1. The zero-order valence-electron chi connectivity index (χ0n) is 36.2. The highest BCUT2D eigenvalue weighted by Gasteiger charge is 2.34. The summed E-state index contributed by atoms with van der Waals surface area (Å²) in [5, 5.41) is 9.72. The summed E-state index contributed by atoms with van der Waals surface area (Å²) >= 11 is 3.20. The van der Waals surface area contributed by atoms with Crippen LogP contribution in [0.3, 0.4) is 0 Å². The number of anilines is 2. The molecule has 8 aromatic rings. The first-order valence-corrected chi connectivity index (χ1v) is 22.3. The fourth-order valence-corrected chi connectivity index (χ4v) is 7.94. The van der Waals surface area contributed by atoms with Crippen molar-refractivity contribution in [1.29, 1.82) is 0 Å². The molecule has 0 saturated heterocycles. The van der Waals surface area contributed by atoms with Crippen molar-refractivity contribution < 1.29 is 42.4 Å². The van der Waals surface area contributed by atoms with Crippen LogP contribution >= 0.6 is 15.9 Å². The molecule has 340 valence electrons. The van der Waals surface area contributed by atoms with Gasteiger partial charge in [-0.15, -0.1) is 0 Å². The monoisotopic (exact) mass is 974 g/mol. The lowest BCUT2D eigenvalue weighted by molar-refractivity contribution is 0.0987. The maximum atomic E-state index is 14.1. The van der Waals surface area contributed by atoms with E-state index in [-0.39, 0.29) is 43.0 Å². The minimum atomic E-state index is -0.836. The summed E-state index contributed by atoms with van der Waals surface area (Å²) in [5.74, 6) is -1.26. The minimum absolute atomic E-state index is 0.162. The lowest BCUT2D eigenvalue weighted by Gasteiger charge is -2.20. The van der Waals surface area contributed by atoms with Gasteiger partial charge in [-0.1, -0.05) is 121 Å². The van der Waals surface area contributed by atoms with Gasteiger partial charge in [-0.05, 0) is 85.7 Å². The van der Waals surface area contributed by atoms with Crippen LogP contribution in [0.2, 0.25) is 0 Å². The van der Waals surface area contributed by atoms with Crippen molar-refractivity contribution in [3.63, 3.8) is 0 Å². The molecule has 10 rings (SSSR count). The van der Waals surface area contributed by atoms with Gasteiger partial charge in [0.15, 0.2) is 11.6 Å². The summed E-state index contributed by atoms with van der Waals surface area (Å²) in [6.45, 7) is 1.66. The van der Waals surface area contributed by atoms with E-state index < -0.39 is 23.3 Å². The van der Waals surface area contributed by atoms with Gasteiger partial charge in [0.05, 0.1) is 17.6 Å². The molecule has 0 fully saturated rings. The van der Waals surface area contributed by atoms with Gasteiger partial charge in [-0.2, -0.15) is 9.97 Å². The van der Waals surface area contributed by atoms with Crippen LogP contribution in [0.4, 0.5) is 20.2 Å². The Labute approximate surface area is 398 Å². The number of nitrogens with zero attached hydrogens (tertiary/aromatic N) is 4. The van der Waals surface area contributed by atoms with Crippen molar-refractivity contribution in [2.45, 2.75) is 39.5 Å². The number of amides is 2. The summed E-state index contributed by atoms with van der Waals surface area (Å²) in [4.78, 5) is 38.2. The van der Waals surface area contributed by atoms with Crippen molar-refractivity contribution in [3.05, 3.63) is 230 Å². The molecule has 2 amide bonds. The summed E-state index contributed by atoms with van der Waals surface area (Å²) in [6.07, 6.45) is 0. The number of phenolic OH excluding ortho intramolecular Hbond substituents is 1. The summed E-state index contributed by atoms with van der Waals surface area (Å²) in [7, 11) is 0. The fourth-order valence-electron chi connectivity index (χ4n) is 7.55. The molecule has 0 radical (unpaired) electrons. The van der Waals surface area contributed by atoms with Crippen molar-refractivity contribution in [3.8, 4) is 29.3 Å². The molecule has 2 aliphatic heterocycles. The van der Waals surface area contributed by atoms with E-state index in [9.17, 15) is 23.5 Å². The van der Waals surface area contributed by atoms with Gasteiger partial charge in [-0.3, -0.25) is 19.4 Å². The fraction of sp³-hybridized carbons (Fsp3) is 0.111. The third-order valence-corrected chi connectivity index (χ3v) is 11.6. The van der Waals surface area contributed by atoms with Gasteiger partial charge in [0.25, 0.3) is 11.8 Å². The summed E-state index contributed by atoms with van der Waals surface area (Å²) in [5.41, 5.74) is 6.64. The molecule has 0 unspecified atom stereocenters. The Morgan fingerprint density at radius 1 is 0.485 bits per heavy atom. The first-order chi connectivity index (χ1) is 33.2. The van der Waals surface area contributed by atoms with E-state index in [4.69, 9.17) is 18.9 Å². The smallest absolute Gasteiger partial charge is 0.259 e. The van der Waals surface area contributed by atoms with E-state index in [2.05, 4.69) is 25.9 Å². The van der Waals surface area contributed by atoms with E-state index in [1.165, 1.54) is 17.0 Å². The quantitative estimate of drug-likeness (QED) is 0.113. The largest absolute Gasteiger partial charge is 0.505 e. The molecule has 2 aliphatic rings. The van der Waals surface area contributed by atoms with Gasteiger partial charge >= 0.3 is 0 Å². The average Bonchev–Trinajstić information content (AvgIpc) is 3.86. The summed E-state index contributed by atoms with van der Waals surface area (Å²) in [6, 6.07) is 50.8. The highest BCUT2D eigenvalue weighted by molar-refractivity contribution is 9.10. The number of benzene rings is 6. The highest BCUT2D eigenvalue weighted by atomic mass is 79.9. The van der Waals surface area contributed by atoms with Gasteiger partial charge in [-0.25, -0.2) is 8.78 Å². The van der Waals surface area contributed by atoms with Gasteiger partial charge in [0.2, 0.25) is 23.5 Å². The number of aromatic hydroxyl groups is 1. The number of fused-ring (bicyclic) bond motifs is 2. The van der Waals surface area contributed by atoms with Crippen LogP contribution in [0, 0.1) is 11.6 Å². The van der Waals surface area contributed by atoms with E-state index in [0.29, 0.717) is 58.5 Å². The minimum Gasteiger partial charge on any atom is -0.505 e. The Bertz CT molecular complexity index is 2870. The van der Waals surface area contributed by atoms with Crippen molar-refractivity contribution in [2.24, 2.45) is 0 Å². The lowest BCUT2D eigenvalue weighted by Crippen LogP contribution is -2.24. The average molecular weight is 976 g/mol. The van der Waals surface area contributed by atoms with Crippen LogP contribution in [0.5, 0.6) is 29.3 Å². The number of aromatic nitrogens is 2. The molecule has 4 heterocycles. The van der Waals surface area contributed by atoms with E-state index in [0.717, 1.165) is 33.9 Å². The van der Waals surface area contributed by atoms with E-state index in [1.807, 2.05) is 121 Å². The first kappa shape index (κ1) is 45.1. The molecule has 1 N–H and O–H groups in total. The maximum absolute atomic E-state index is 14.1. The molecule has 68 heavy (non-hydrogen) atoms. The van der Waals surface area contributed by atoms with E-state index in [1.54, 1.807) is 35.2 Å². The van der Waals surface area contributed by atoms with Crippen molar-refractivity contribution in [1.82, 2.24) is 9.97 Å². The normalized spacial score (nSPS) is 12.5. The number of carbonyl (C=O) groups is 2. The number of rotatable bonds is 14. The molecule has 6 aromatic carbocycles. The Morgan fingerprint density at radius 2 is 0.853 bits per heavy atom. The number of ether oxygens (including phenoxy) is 4. The van der Waals surface area contributed by atoms with Crippen LogP contribution in [0.15, 0.2) is 174 Å². The zero-order chi connectivity index (χ0) is 47.0. The van der Waals surface area contributed by atoms with Crippen molar-refractivity contribution >= 4 is 39.1 Å². The molecule has 0 atom stereocenters. The first-order valence-electron chi connectivity index (χ1n) is 21.5. The number of halogens is 3. The Kier molecular flexibility index (Phi) is 13.7. The van der Waals surface area contributed by atoms with Gasteiger partial charge < -0.3 is 24.1 Å². The maximum Gasteiger partial charge on any atom is 0.259 e. The van der Waals surface area contributed by atoms with Crippen LogP contribution in [-0.2, 0) is 39.5 Å². The molecule has 0 saturated carbocycles. The third-order valence-electron chi connectivity index (χ3n) is 11.0. The molecule has 11 nitrogen and oxygen atoms in total. The number of hydrogen-bond acceptors (Lipinski definition) is 9. The molecular formula is C54H41BrF2N4O7. The Balaban J connectivity index is 0.000000170. The molecule has 0 bridgehead atoms.